The zero-order valence-electron chi connectivity index (χ0n) is 21.8. The lowest BCUT2D eigenvalue weighted by Crippen LogP contribution is -2.44. The number of nitrogens with one attached hydrogen (secondary N) is 1. The Balaban J connectivity index is 1.63. The zero-order chi connectivity index (χ0) is 27.2. The number of nitrogens with two attached hydrogens (primary N) is 1. The van der Waals surface area contributed by atoms with Gasteiger partial charge >= 0.3 is 6.09 Å². The lowest BCUT2D eigenvalue weighted by molar-refractivity contribution is -0.139. The van der Waals surface area contributed by atoms with Gasteiger partial charge in [0.2, 0.25) is 5.91 Å². The first-order chi connectivity index (χ1) is 18.3. The predicted molar refractivity (Wildman–Crippen MR) is 147 cm³/mol. The van der Waals surface area contributed by atoms with Gasteiger partial charge in [0.05, 0.1) is 18.8 Å². The van der Waals surface area contributed by atoms with E-state index in [0.29, 0.717) is 31.0 Å². The quantitative estimate of drug-likeness (QED) is 0.351. The lowest BCUT2D eigenvalue weighted by atomic mass is 9.84. The normalized spacial score (nSPS) is 24.3. The lowest BCUT2D eigenvalue weighted by Gasteiger charge is -2.38. The zero-order valence-corrected chi connectivity index (χ0v) is 22.6. The van der Waals surface area contributed by atoms with Gasteiger partial charge in [-0.3, -0.25) is 4.79 Å². The van der Waals surface area contributed by atoms with E-state index in [2.05, 4.69) is 24.4 Å². The van der Waals surface area contributed by atoms with E-state index < -0.39 is 18.3 Å². The Morgan fingerprint density at radius 3 is 2.74 bits per heavy atom. The summed E-state index contributed by atoms with van der Waals surface area (Å²) in [7, 11) is 0. The highest BCUT2D eigenvalue weighted by atomic mass is 35.5. The molecular formula is C29H38ClN3O5. The summed E-state index contributed by atoms with van der Waals surface area (Å²) in [5, 5.41) is 22.1. The highest BCUT2D eigenvalue weighted by Gasteiger charge is 2.39. The SMILES string of the molecule is CCc1cccc(-c2c(Cl)cccc2C(OCCNC(=O)O)[C@@H]2CCCN(C(=O)[C@H]3C[C@@H](N)[C@@H](O)C3)C2)c1. The number of amides is 2. The fourth-order valence-corrected chi connectivity index (χ4v) is 6.11. The molecule has 38 heavy (non-hydrogen) atoms. The van der Waals surface area contributed by atoms with Crippen LogP contribution in [0, 0.1) is 11.8 Å². The van der Waals surface area contributed by atoms with Gasteiger partial charge in [-0.15, -0.1) is 0 Å². The Bertz CT molecular complexity index is 1120. The Morgan fingerprint density at radius 1 is 1.24 bits per heavy atom. The number of likely N-dealkylation sites (tertiary alicyclic amines) is 1. The molecule has 2 aliphatic rings. The van der Waals surface area contributed by atoms with Gasteiger partial charge < -0.3 is 30.9 Å². The molecule has 0 aromatic heterocycles. The van der Waals surface area contributed by atoms with E-state index in [1.807, 2.05) is 35.2 Å². The van der Waals surface area contributed by atoms with Crippen LogP contribution in [0.5, 0.6) is 0 Å². The van der Waals surface area contributed by atoms with Crippen LogP contribution >= 0.6 is 11.6 Å². The maximum Gasteiger partial charge on any atom is 0.404 e. The second kappa shape index (κ2) is 12.9. The molecule has 2 aromatic rings. The highest BCUT2D eigenvalue weighted by molar-refractivity contribution is 6.33. The number of aliphatic hydroxyl groups is 1. The maximum absolute atomic E-state index is 13.4. The summed E-state index contributed by atoms with van der Waals surface area (Å²) in [4.78, 5) is 26.2. The van der Waals surface area contributed by atoms with Crippen molar-refractivity contribution >= 4 is 23.6 Å². The minimum absolute atomic E-state index is 0.0101. The van der Waals surface area contributed by atoms with Crippen LogP contribution in [0.15, 0.2) is 42.5 Å². The third-order valence-corrected chi connectivity index (χ3v) is 8.09. The molecule has 1 saturated heterocycles. The van der Waals surface area contributed by atoms with Crippen LogP contribution in [-0.2, 0) is 16.0 Å². The van der Waals surface area contributed by atoms with Gasteiger partial charge in [0.15, 0.2) is 0 Å². The Hall–Kier alpha value is -2.65. The number of hydrogen-bond donors (Lipinski definition) is 4. The fraction of sp³-hybridized carbons (Fsp3) is 0.517. The highest BCUT2D eigenvalue weighted by Crippen LogP contribution is 2.42. The molecule has 2 amide bonds. The van der Waals surface area contributed by atoms with Gasteiger partial charge in [0, 0.05) is 48.1 Å². The van der Waals surface area contributed by atoms with Crippen molar-refractivity contribution in [2.24, 2.45) is 17.6 Å². The van der Waals surface area contributed by atoms with E-state index in [-0.39, 0.29) is 36.9 Å². The van der Waals surface area contributed by atoms with Crippen LogP contribution in [0.3, 0.4) is 0 Å². The number of carbonyl (C=O) groups excluding carboxylic acids is 1. The van der Waals surface area contributed by atoms with Crippen LogP contribution in [-0.4, -0.2) is 65.5 Å². The number of carboxylic acid groups (broad SMARTS) is 1. The Morgan fingerprint density at radius 2 is 2.03 bits per heavy atom. The van der Waals surface area contributed by atoms with Crippen LogP contribution < -0.4 is 11.1 Å². The molecule has 2 aromatic carbocycles. The average molecular weight is 544 g/mol. The molecule has 2 fully saturated rings. The molecule has 5 atom stereocenters. The molecular weight excluding hydrogens is 506 g/mol. The summed E-state index contributed by atoms with van der Waals surface area (Å²) >= 11 is 6.79. The topological polar surface area (TPSA) is 125 Å². The number of ether oxygens (including phenoxy) is 1. The third-order valence-electron chi connectivity index (χ3n) is 7.78. The number of halogens is 1. The minimum Gasteiger partial charge on any atom is -0.465 e. The molecule has 0 spiro atoms. The van der Waals surface area contributed by atoms with Crippen molar-refractivity contribution in [2.45, 2.75) is 57.3 Å². The summed E-state index contributed by atoms with van der Waals surface area (Å²) in [5.74, 6) is -0.240. The van der Waals surface area contributed by atoms with Gasteiger partial charge in [-0.2, -0.15) is 0 Å². The molecule has 1 aliphatic heterocycles. The van der Waals surface area contributed by atoms with Gasteiger partial charge in [-0.05, 0) is 54.9 Å². The first-order valence-electron chi connectivity index (χ1n) is 13.5. The molecule has 0 radical (unpaired) electrons. The van der Waals surface area contributed by atoms with Crippen molar-refractivity contribution < 1.29 is 24.5 Å². The molecule has 5 N–H and O–H groups in total. The van der Waals surface area contributed by atoms with E-state index in [0.717, 1.165) is 36.0 Å². The molecule has 206 valence electrons. The summed E-state index contributed by atoms with van der Waals surface area (Å²) < 4.78 is 6.40. The van der Waals surface area contributed by atoms with Gasteiger partial charge in [-0.1, -0.05) is 54.9 Å². The number of hydrogen-bond acceptors (Lipinski definition) is 5. The van der Waals surface area contributed by atoms with E-state index >= 15 is 0 Å². The van der Waals surface area contributed by atoms with E-state index in [1.54, 1.807) is 0 Å². The number of aliphatic hydroxyl groups excluding tert-OH is 1. The van der Waals surface area contributed by atoms with Gasteiger partial charge in [-0.25, -0.2) is 4.79 Å². The summed E-state index contributed by atoms with van der Waals surface area (Å²) in [6, 6.07) is 13.7. The van der Waals surface area contributed by atoms with Crippen LogP contribution in [0.25, 0.3) is 11.1 Å². The number of nitrogens with zero attached hydrogens (tertiary/aromatic N) is 1. The number of carbonyl (C=O) groups is 2. The molecule has 1 aliphatic carbocycles. The third kappa shape index (κ3) is 6.67. The largest absolute Gasteiger partial charge is 0.465 e. The molecule has 4 rings (SSSR count). The second-order valence-electron chi connectivity index (χ2n) is 10.4. The number of aryl methyl sites for hydroxylation is 1. The van der Waals surface area contributed by atoms with Crippen molar-refractivity contribution in [2.75, 3.05) is 26.2 Å². The van der Waals surface area contributed by atoms with Gasteiger partial charge in [0.25, 0.3) is 0 Å². The minimum atomic E-state index is -1.10. The van der Waals surface area contributed by atoms with E-state index in [4.69, 9.17) is 27.2 Å². The Kier molecular flexibility index (Phi) is 9.65. The van der Waals surface area contributed by atoms with Crippen LogP contribution in [0.2, 0.25) is 5.02 Å². The van der Waals surface area contributed by atoms with E-state index in [1.165, 1.54) is 5.56 Å². The van der Waals surface area contributed by atoms with Crippen LogP contribution in [0.1, 0.15) is 49.8 Å². The van der Waals surface area contributed by atoms with Gasteiger partial charge in [0.1, 0.15) is 0 Å². The van der Waals surface area contributed by atoms with Crippen molar-refractivity contribution in [3.8, 4) is 11.1 Å². The molecule has 9 heteroatoms. The van der Waals surface area contributed by atoms with Crippen molar-refractivity contribution in [1.29, 1.82) is 0 Å². The molecule has 8 nitrogen and oxygen atoms in total. The first kappa shape index (κ1) is 28.4. The van der Waals surface area contributed by atoms with Crippen molar-refractivity contribution in [1.82, 2.24) is 10.2 Å². The van der Waals surface area contributed by atoms with Crippen LogP contribution in [0.4, 0.5) is 4.79 Å². The van der Waals surface area contributed by atoms with Crippen molar-refractivity contribution in [3.63, 3.8) is 0 Å². The monoisotopic (exact) mass is 543 g/mol. The Labute approximate surface area is 229 Å². The molecule has 1 saturated carbocycles. The smallest absolute Gasteiger partial charge is 0.404 e. The number of benzene rings is 2. The number of piperidine rings is 1. The number of rotatable bonds is 9. The molecule has 1 heterocycles. The molecule has 0 bridgehead atoms. The standard InChI is InChI=1S/C29H38ClN3O5/c1-2-18-6-3-7-19(14-18)26-22(9-4-10-23(26)30)27(38-13-11-32-29(36)37)20-8-5-12-33(17-20)28(35)21-15-24(31)25(34)16-21/h3-4,6-7,9-10,14,20-21,24-25,27,32,34H,2,5,8,11-13,15-17,31H2,1H3,(H,36,37)/t20-,21+,24-,25+,27?/m1/s1. The predicted octanol–water partition coefficient (Wildman–Crippen LogP) is 4.23. The second-order valence-corrected chi connectivity index (χ2v) is 10.8. The average Bonchev–Trinajstić information content (AvgIpc) is 3.26. The molecule has 1 unspecified atom stereocenters. The van der Waals surface area contributed by atoms with Crippen molar-refractivity contribution in [3.05, 3.63) is 58.6 Å². The summed E-state index contributed by atoms with van der Waals surface area (Å²) in [5.41, 5.74) is 10.0. The maximum atomic E-state index is 13.4. The summed E-state index contributed by atoms with van der Waals surface area (Å²) in [6.45, 7) is 3.62. The summed E-state index contributed by atoms with van der Waals surface area (Å²) in [6.07, 6.45) is 1.33. The van der Waals surface area contributed by atoms with E-state index in [9.17, 15) is 14.7 Å². The first-order valence-corrected chi connectivity index (χ1v) is 13.8. The fourth-order valence-electron chi connectivity index (χ4n) is 5.82.